The molecule has 134 valence electrons. The van der Waals surface area contributed by atoms with E-state index in [2.05, 4.69) is 21.5 Å². The number of ether oxygens (including phenoxy) is 1. The van der Waals surface area contributed by atoms with Crippen LogP contribution < -0.4 is 10.1 Å². The molecule has 0 radical (unpaired) electrons. The smallest absolute Gasteiger partial charge is 0.252 e. The number of carbonyl (C=O) groups is 1. The first-order chi connectivity index (χ1) is 12.5. The van der Waals surface area contributed by atoms with Crippen LogP contribution in [0.25, 0.3) is 11.0 Å². The van der Waals surface area contributed by atoms with E-state index < -0.39 is 0 Å². The zero-order valence-corrected chi connectivity index (χ0v) is 15.2. The number of amides is 1. The summed E-state index contributed by atoms with van der Waals surface area (Å²) in [6.45, 7) is 5.00. The average Bonchev–Trinajstić information content (AvgIpc) is 2.92. The van der Waals surface area contributed by atoms with Crippen molar-refractivity contribution in [3.05, 3.63) is 52.8 Å². The van der Waals surface area contributed by atoms with Gasteiger partial charge < -0.3 is 10.1 Å². The molecule has 1 N–H and O–H groups in total. The zero-order valence-electron chi connectivity index (χ0n) is 15.2. The van der Waals surface area contributed by atoms with E-state index >= 15 is 0 Å². The fourth-order valence-electron chi connectivity index (χ4n) is 3.60. The number of hydrogen-bond donors (Lipinski definition) is 1. The third-order valence-electron chi connectivity index (χ3n) is 4.85. The van der Waals surface area contributed by atoms with Crippen LogP contribution in [-0.2, 0) is 13.5 Å². The van der Waals surface area contributed by atoms with Crippen LogP contribution in [0.5, 0.6) is 5.75 Å². The molecule has 1 atom stereocenters. The Morgan fingerprint density at radius 3 is 3.00 bits per heavy atom. The van der Waals surface area contributed by atoms with Gasteiger partial charge in [0, 0.05) is 25.2 Å². The second kappa shape index (κ2) is 6.44. The van der Waals surface area contributed by atoms with Gasteiger partial charge in [-0.2, -0.15) is 5.10 Å². The highest BCUT2D eigenvalue weighted by Gasteiger charge is 2.22. The van der Waals surface area contributed by atoms with Crippen molar-refractivity contribution < 1.29 is 9.53 Å². The third kappa shape index (κ3) is 2.92. The van der Waals surface area contributed by atoms with E-state index in [1.807, 2.05) is 45.2 Å². The Morgan fingerprint density at radius 2 is 2.15 bits per heavy atom. The number of aromatic nitrogens is 3. The van der Waals surface area contributed by atoms with Crippen LogP contribution in [0, 0.1) is 19.8 Å². The fourth-order valence-corrected chi connectivity index (χ4v) is 3.60. The highest BCUT2D eigenvalue weighted by Crippen LogP contribution is 2.27. The van der Waals surface area contributed by atoms with E-state index in [9.17, 15) is 4.79 Å². The van der Waals surface area contributed by atoms with Gasteiger partial charge in [0.05, 0.1) is 23.3 Å². The molecule has 0 bridgehead atoms. The summed E-state index contributed by atoms with van der Waals surface area (Å²) in [5.74, 6) is 1.13. The van der Waals surface area contributed by atoms with Crippen LogP contribution in [0.3, 0.4) is 0 Å². The molecule has 1 amide bonds. The predicted octanol–water partition coefficient (Wildman–Crippen LogP) is 2.57. The van der Waals surface area contributed by atoms with Crippen molar-refractivity contribution in [2.45, 2.75) is 20.3 Å². The Hall–Kier alpha value is -2.89. The Labute approximate surface area is 152 Å². The Kier molecular flexibility index (Phi) is 4.11. The molecule has 3 aromatic rings. The normalized spacial score (nSPS) is 16.2. The molecule has 0 unspecified atom stereocenters. The highest BCUT2D eigenvalue weighted by atomic mass is 16.5. The lowest BCUT2D eigenvalue weighted by Crippen LogP contribution is -2.35. The summed E-state index contributed by atoms with van der Waals surface area (Å²) in [6, 6.07) is 9.90. The summed E-state index contributed by atoms with van der Waals surface area (Å²) in [5, 5.41) is 8.30. The molecule has 0 saturated carbocycles. The van der Waals surface area contributed by atoms with Crippen molar-refractivity contribution in [1.29, 1.82) is 0 Å². The summed E-state index contributed by atoms with van der Waals surface area (Å²) >= 11 is 0. The Morgan fingerprint density at radius 1 is 1.35 bits per heavy atom. The van der Waals surface area contributed by atoms with Gasteiger partial charge in [0.1, 0.15) is 5.75 Å². The molecule has 26 heavy (non-hydrogen) atoms. The van der Waals surface area contributed by atoms with Gasteiger partial charge in [0.25, 0.3) is 5.91 Å². The number of nitrogens with one attached hydrogen (secondary N) is 1. The number of benzene rings is 1. The topological polar surface area (TPSA) is 69.0 Å². The quantitative estimate of drug-likeness (QED) is 0.788. The van der Waals surface area contributed by atoms with Crippen LogP contribution >= 0.6 is 0 Å². The molecule has 2 aromatic heterocycles. The van der Waals surface area contributed by atoms with Gasteiger partial charge in [-0.05, 0) is 38.0 Å². The van der Waals surface area contributed by atoms with Crippen LogP contribution in [0.15, 0.2) is 30.3 Å². The SMILES string of the molecule is Cc1cc(C(=O)NC[C@@H]2COc3ccccc3C2)c2c(C)nn(C)c2n1. The highest BCUT2D eigenvalue weighted by molar-refractivity contribution is 6.06. The molecule has 3 heterocycles. The lowest BCUT2D eigenvalue weighted by molar-refractivity contribution is 0.0940. The van der Waals surface area contributed by atoms with E-state index in [4.69, 9.17) is 4.74 Å². The van der Waals surface area contributed by atoms with Gasteiger partial charge in [-0.15, -0.1) is 0 Å². The molecule has 0 spiro atoms. The maximum absolute atomic E-state index is 12.8. The number of para-hydroxylation sites is 1. The first-order valence-electron chi connectivity index (χ1n) is 8.83. The minimum Gasteiger partial charge on any atom is -0.493 e. The monoisotopic (exact) mass is 350 g/mol. The molecule has 6 nitrogen and oxygen atoms in total. The van der Waals surface area contributed by atoms with Crippen molar-refractivity contribution >= 4 is 16.9 Å². The van der Waals surface area contributed by atoms with Crippen LogP contribution in [-0.4, -0.2) is 33.8 Å². The Bertz CT molecular complexity index is 993. The molecule has 4 rings (SSSR count). The van der Waals surface area contributed by atoms with Gasteiger partial charge in [0.15, 0.2) is 5.65 Å². The lowest BCUT2D eigenvalue weighted by atomic mass is 9.96. The first kappa shape index (κ1) is 16.6. The molecule has 0 saturated heterocycles. The minimum atomic E-state index is -0.0875. The van der Waals surface area contributed by atoms with E-state index in [1.54, 1.807) is 4.68 Å². The minimum absolute atomic E-state index is 0.0875. The molecule has 1 aliphatic rings. The molecule has 0 aliphatic carbocycles. The van der Waals surface area contributed by atoms with Gasteiger partial charge in [-0.1, -0.05) is 18.2 Å². The van der Waals surface area contributed by atoms with Gasteiger partial charge >= 0.3 is 0 Å². The molecular formula is C20H22N4O2. The number of rotatable bonds is 3. The summed E-state index contributed by atoms with van der Waals surface area (Å²) in [7, 11) is 1.85. The number of nitrogens with zero attached hydrogens (tertiary/aromatic N) is 3. The van der Waals surface area contributed by atoms with Crippen molar-refractivity contribution in [1.82, 2.24) is 20.1 Å². The fraction of sp³-hybridized carbons (Fsp3) is 0.350. The summed E-state index contributed by atoms with van der Waals surface area (Å²) < 4.78 is 7.53. The summed E-state index contributed by atoms with van der Waals surface area (Å²) in [5.41, 5.74) is 4.19. The molecule has 6 heteroatoms. The van der Waals surface area contributed by atoms with E-state index in [0.29, 0.717) is 18.7 Å². The molecule has 0 fully saturated rings. The second-order valence-corrected chi connectivity index (χ2v) is 6.92. The number of carbonyl (C=O) groups excluding carboxylic acids is 1. The summed E-state index contributed by atoms with van der Waals surface area (Å²) in [4.78, 5) is 17.4. The molecule has 1 aromatic carbocycles. The molecule has 1 aliphatic heterocycles. The lowest BCUT2D eigenvalue weighted by Gasteiger charge is -2.25. The maximum Gasteiger partial charge on any atom is 0.252 e. The van der Waals surface area contributed by atoms with E-state index in [-0.39, 0.29) is 11.8 Å². The van der Waals surface area contributed by atoms with Crippen LogP contribution in [0.4, 0.5) is 0 Å². The van der Waals surface area contributed by atoms with Gasteiger partial charge in [0.2, 0.25) is 0 Å². The maximum atomic E-state index is 12.8. The van der Waals surface area contributed by atoms with E-state index in [1.165, 1.54) is 5.56 Å². The third-order valence-corrected chi connectivity index (χ3v) is 4.85. The van der Waals surface area contributed by atoms with Crippen molar-refractivity contribution in [2.24, 2.45) is 13.0 Å². The van der Waals surface area contributed by atoms with Gasteiger partial charge in [-0.25, -0.2) is 4.98 Å². The second-order valence-electron chi connectivity index (χ2n) is 6.92. The predicted molar refractivity (Wildman–Crippen MR) is 99.4 cm³/mol. The average molecular weight is 350 g/mol. The standard InChI is InChI=1S/C20H22N4O2/c1-12-8-16(18-13(2)23-24(3)19(18)22-12)20(25)21-10-14-9-15-6-4-5-7-17(15)26-11-14/h4-8,14H,9-11H2,1-3H3,(H,21,25)/t14-/m1/s1. The van der Waals surface area contributed by atoms with Crippen molar-refractivity contribution in [2.75, 3.05) is 13.2 Å². The largest absolute Gasteiger partial charge is 0.493 e. The van der Waals surface area contributed by atoms with E-state index in [0.717, 1.165) is 34.6 Å². The number of fused-ring (bicyclic) bond motifs is 2. The zero-order chi connectivity index (χ0) is 18.3. The van der Waals surface area contributed by atoms with Crippen molar-refractivity contribution in [3.63, 3.8) is 0 Å². The Balaban J connectivity index is 1.52. The van der Waals surface area contributed by atoms with Gasteiger partial charge in [-0.3, -0.25) is 9.48 Å². The first-order valence-corrected chi connectivity index (χ1v) is 8.83. The molecular weight excluding hydrogens is 328 g/mol. The van der Waals surface area contributed by atoms with Crippen LogP contribution in [0.1, 0.15) is 27.3 Å². The summed E-state index contributed by atoms with van der Waals surface area (Å²) in [6.07, 6.45) is 0.910. The van der Waals surface area contributed by atoms with Crippen LogP contribution in [0.2, 0.25) is 0 Å². The van der Waals surface area contributed by atoms with Crippen molar-refractivity contribution in [3.8, 4) is 5.75 Å². The number of aryl methyl sites for hydroxylation is 3. The number of hydrogen-bond acceptors (Lipinski definition) is 4. The number of pyridine rings is 1.